The average Bonchev–Trinajstić information content (AvgIpc) is 2.44. The standard InChI is InChI=1S/C16H23N3O4S/c1-16(2,3)19-15(21)8-9-17-24(22,23)12-5-6-13-11(10-12)4-7-14(20)18-13/h5-6,10,17H,4,7-9H2,1-3H3,(H,18,20)(H,19,21). The number of sulfonamides is 1. The summed E-state index contributed by atoms with van der Waals surface area (Å²) in [5, 5.41) is 5.49. The summed E-state index contributed by atoms with van der Waals surface area (Å²) in [5.74, 6) is -0.278. The summed E-state index contributed by atoms with van der Waals surface area (Å²) in [7, 11) is -3.69. The summed E-state index contributed by atoms with van der Waals surface area (Å²) in [6.45, 7) is 5.61. The SMILES string of the molecule is CC(C)(C)NC(=O)CCNS(=O)(=O)c1ccc2c(c1)CCC(=O)N2. The topological polar surface area (TPSA) is 104 Å². The number of nitrogens with one attached hydrogen (secondary N) is 3. The highest BCUT2D eigenvalue weighted by Crippen LogP contribution is 2.25. The number of hydrogen-bond acceptors (Lipinski definition) is 4. The quantitative estimate of drug-likeness (QED) is 0.739. The van der Waals surface area contributed by atoms with Gasteiger partial charge in [0.15, 0.2) is 0 Å². The molecule has 0 fully saturated rings. The first-order valence-corrected chi connectivity index (χ1v) is 9.29. The molecule has 3 N–H and O–H groups in total. The van der Waals surface area contributed by atoms with Crippen LogP contribution in [0.2, 0.25) is 0 Å². The molecule has 1 aliphatic rings. The zero-order chi connectivity index (χ0) is 18.0. The molecule has 1 aromatic rings. The molecule has 0 radical (unpaired) electrons. The Labute approximate surface area is 142 Å². The van der Waals surface area contributed by atoms with Crippen LogP contribution < -0.4 is 15.4 Å². The molecule has 7 nitrogen and oxygen atoms in total. The van der Waals surface area contributed by atoms with Crippen molar-refractivity contribution in [2.75, 3.05) is 11.9 Å². The van der Waals surface area contributed by atoms with Gasteiger partial charge < -0.3 is 10.6 Å². The Morgan fingerprint density at radius 2 is 1.96 bits per heavy atom. The highest BCUT2D eigenvalue weighted by atomic mass is 32.2. The van der Waals surface area contributed by atoms with E-state index in [1.807, 2.05) is 20.8 Å². The van der Waals surface area contributed by atoms with Crippen LogP contribution in [-0.2, 0) is 26.0 Å². The Kier molecular flexibility index (Phi) is 5.29. The smallest absolute Gasteiger partial charge is 0.240 e. The predicted molar refractivity (Wildman–Crippen MR) is 91.1 cm³/mol. The lowest BCUT2D eigenvalue weighted by Crippen LogP contribution is -2.41. The third-order valence-electron chi connectivity index (χ3n) is 3.44. The van der Waals surface area contributed by atoms with Gasteiger partial charge in [-0.15, -0.1) is 0 Å². The van der Waals surface area contributed by atoms with Gasteiger partial charge in [0.05, 0.1) is 4.90 Å². The molecule has 0 spiro atoms. The van der Waals surface area contributed by atoms with E-state index >= 15 is 0 Å². The number of anilines is 1. The second-order valence-corrected chi connectivity index (χ2v) is 8.58. The lowest BCUT2D eigenvalue weighted by molar-refractivity contribution is -0.122. The van der Waals surface area contributed by atoms with Crippen molar-refractivity contribution in [3.63, 3.8) is 0 Å². The Morgan fingerprint density at radius 3 is 2.62 bits per heavy atom. The van der Waals surface area contributed by atoms with Crippen molar-refractivity contribution >= 4 is 27.5 Å². The van der Waals surface area contributed by atoms with Gasteiger partial charge in [-0.1, -0.05) is 0 Å². The second kappa shape index (κ2) is 6.90. The van der Waals surface area contributed by atoms with E-state index < -0.39 is 10.0 Å². The minimum atomic E-state index is -3.69. The van der Waals surface area contributed by atoms with Crippen LogP contribution in [0.15, 0.2) is 23.1 Å². The fourth-order valence-corrected chi connectivity index (χ4v) is 3.47. The summed E-state index contributed by atoms with van der Waals surface area (Å²) in [4.78, 5) is 23.2. The van der Waals surface area contributed by atoms with Crippen LogP contribution >= 0.6 is 0 Å². The highest BCUT2D eigenvalue weighted by molar-refractivity contribution is 7.89. The van der Waals surface area contributed by atoms with Crippen molar-refractivity contribution in [1.82, 2.24) is 10.0 Å². The molecular weight excluding hydrogens is 330 g/mol. The molecule has 0 saturated heterocycles. The Morgan fingerprint density at radius 1 is 1.25 bits per heavy atom. The van der Waals surface area contributed by atoms with Crippen molar-refractivity contribution < 1.29 is 18.0 Å². The third kappa shape index (κ3) is 5.04. The van der Waals surface area contributed by atoms with Crippen LogP contribution in [-0.4, -0.2) is 32.3 Å². The van der Waals surface area contributed by atoms with Gasteiger partial charge in [-0.3, -0.25) is 9.59 Å². The first kappa shape index (κ1) is 18.4. The fourth-order valence-electron chi connectivity index (χ4n) is 2.39. The van der Waals surface area contributed by atoms with Gasteiger partial charge in [0.2, 0.25) is 21.8 Å². The van der Waals surface area contributed by atoms with Crippen LogP contribution in [0.4, 0.5) is 5.69 Å². The van der Waals surface area contributed by atoms with Crippen molar-refractivity contribution in [1.29, 1.82) is 0 Å². The maximum absolute atomic E-state index is 12.3. The van der Waals surface area contributed by atoms with Crippen LogP contribution in [0, 0.1) is 0 Å². The molecule has 0 bridgehead atoms. The van der Waals surface area contributed by atoms with Crippen molar-refractivity contribution in [2.45, 2.75) is 50.5 Å². The van der Waals surface area contributed by atoms with Crippen LogP contribution in [0.3, 0.4) is 0 Å². The van der Waals surface area contributed by atoms with E-state index in [2.05, 4.69) is 15.4 Å². The lowest BCUT2D eigenvalue weighted by Gasteiger charge is -2.20. The summed E-state index contributed by atoms with van der Waals surface area (Å²) in [5.41, 5.74) is 1.09. The largest absolute Gasteiger partial charge is 0.351 e. The first-order valence-electron chi connectivity index (χ1n) is 7.80. The van der Waals surface area contributed by atoms with Gasteiger partial charge >= 0.3 is 0 Å². The number of carbonyl (C=O) groups is 2. The lowest BCUT2D eigenvalue weighted by atomic mass is 10.0. The summed E-state index contributed by atoms with van der Waals surface area (Å²) in [6.07, 6.45) is 0.924. The number of amides is 2. The molecule has 0 aromatic heterocycles. The molecule has 2 rings (SSSR count). The van der Waals surface area contributed by atoms with E-state index in [0.29, 0.717) is 18.5 Å². The first-order chi connectivity index (χ1) is 11.1. The molecule has 1 aliphatic heterocycles. The number of hydrogen-bond donors (Lipinski definition) is 3. The van der Waals surface area contributed by atoms with E-state index in [0.717, 1.165) is 5.56 Å². The molecule has 0 atom stereocenters. The molecule has 2 amide bonds. The van der Waals surface area contributed by atoms with Gasteiger partial charge in [-0.2, -0.15) is 0 Å². The van der Waals surface area contributed by atoms with E-state index in [-0.39, 0.29) is 35.2 Å². The zero-order valence-electron chi connectivity index (χ0n) is 14.1. The molecule has 0 unspecified atom stereocenters. The molecule has 1 heterocycles. The Balaban J connectivity index is 1.98. The molecule has 0 aliphatic carbocycles. The molecule has 0 saturated carbocycles. The highest BCUT2D eigenvalue weighted by Gasteiger charge is 2.20. The van der Waals surface area contributed by atoms with Gasteiger partial charge in [0, 0.05) is 30.6 Å². The van der Waals surface area contributed by atoms with Gasteiger partial charge in [0.25, 0.3) is 0 Å². The van der Waals surface area contributed by atoms with E-state index in [1.54, 1.807) is 12.1 Å². The molecular formula is C16H23N3O4S. The number of aryl methyl sites for hydroxylation is 1. The van der Waals surface area contributed by atoms with Crippen LogP contribution in [0.25, 0.3) is 0 Å². The average molecular weight is 353 g/mol. The summed E-state index contributed by atoms with van der Waals surface area (Å²) >= 11 is 0. The maximum Gasteiger partial charge on any atom is 0.240 e. The minimum Gasteiger partial charge on any atom is -0.351 e. The van der Waals surface area contributed by atoms with Gasteiger partial charge in [-0.05, 0) is 51.0 Å². The molecule has 8 heteroatoms. The second-order valence-electron chi connectivity index (χ2n) is 6.81. The van der Waals surface area contributed by atoms with Gasteiger partial charge in [0.1, 0.15) is 0 Å². The van der Waals surface area contributed by atoms with E-state index in [9.17, 15) is 18.0 Å². The zero-order valence-corrected chi connectivity index (χ0v) is 14.9. The molecule has 1 aromatic carbocycles. The summed E-state index contributed by atoms with van der Waals surface area (Å²) in [6, 6.07) is 4.60. The predicted octanol–water partition coefficient (Wildman–Crippen LogP) is 1.15. The molecule has 132 valence electrons. The van der Waals surface area contributed by atoms with Crippen molar-refractivity contribution in [3.8, 4) is 0 Å². The normalized spacial score (nSPS) is 14.7. The Bertz CT molecular complexity index is 751. The molecule has 24 heavy (non-hydrogen) atoms. The van der Waals surface area contributed by atoms with Crippen LogP contribution in [0.5, 0.6) is 0 Å². The fraction of sp³-hybridized carbons (Fsp3) is 0.500. The van der Waals surface area contributed by atoms with E-state index in [1.165, 1.54) is 6.07 Å². The third-order valence-corrected chi connectivity index (χ3v) is 4.90. The van der Waals surface area contributed by atoms with Gasteiger partial charge in [-0.25, -0.2) is 13.1 Å². The number of carbonyl (C=O) groups excluding carboxylic acids is 2. The minimum absolute atomic E-state index is 0.0259. The maximum atomic E-state index is 12.3. The number of fused-ring (bicyclic) bond motifs is 1. The van der Waals surface area contributed by atoms with E-state index in [4.69, 9.17) is 0 Å². The monoisotopic (exact) mass is 353 g/mol. The number of rotatable bonds is 5. The summed E-state index contributed by atoms with van der Waals surface area (Å²) < 4.78 is 27.1. The van der Waals surface area contributed by atoms with Crippen molar-refractivity contribution in [3.05, 3.63) is 23.8 Å². The van der Waals surface area contributed by atoms with Crippen molar-refractivity contribution in [2.24, 2.45) is 0 Å². The van der Waals surface area contributed by atoms with Crippen LogP contribution in [0.1, 0.15) is 39.2 Å². The Hall–Kier alpha value is -1.93. The number of benzene rings is 1.